The van der Waals surface area contributed by atoms with E-state index in [0.29, 0.717) is 12.0 Å². The fourth-order valence-corrected chi connectivity index (χ4v) is 2.21. The van der Waals surface area contributed by atoms with Crippen LogP contribution >= 0.6 is 0 Å². The number of ketones is 1. The molecule has 0 unspecified atom stereocenters. The summed E-state index contributed by atoms with van der Waals surface area (Å²) in [6, 6.07) is 7.50. The van der Waals surface area contributed by atoms with E-state index in [0.717, 1.165) is 30.4 Å². The Balaban J connectivity index is 2.29. The van der Waals surface area contributed by atoms with Crippen LogP contribution in [0.2, 0.25) is 0 Å². The lowest BCUT2D eigenvalue weighted by Gasteiger charge is -2.04. The lowest BCUT2D eigenvalue weighted by atomic mass is 9.98. The Morgan fingerprint density at radius 1 is 1.20 bits per heavy atom. The molecular weight excluding hydrogens is 252 g/mol. The molecule has 2 rings (SSSR count). The second kappa shape index (κ2) is 6.37. The highest BCUT2D eigenvalue weighted by molar-refractivity contribution is 6.27. The number of azo groups is 1. The molecule has 4 nitrogen and oxygen atoms in total. The van der Waals surface area contributed by atoms with Gasteiger partial charge in [-0.15, -0.1) is 10.2 Å². The largest absolute Gasteiger partial charge is 0.298 e. The molecule has 0 aliphatic carbocycles. The highest BCUT2D eigenvalue weighted by Crippen LogP contribution is 2.28. The van der Waals surface area contributed by atoms with Crippen LogP contribution < -0.4 is 0 Å². The van der Waals surface area contributed by atoms with Gasteiger partial charge in [0.05, 0.1) is 5.57 Å². The zero-order valence-corrected chi connectivity index (χ0v) is 11.8. The first kappa shape index (κ1) is 14.3. The average Bonchev–Trinajstić information content (AvgIpc) is 2.81. The number of aryl methyl sites for hydroxylation is 1. The first-order chi connectivity index (χ1) is 9.63. The predicted molar refractivity (Wildman–Crippen MR) is 77.1 cm³/mol. The highest BCUT2D eigenvalue weighted by atomic mass is 16.2. The van der Waals surface area contributed by atoms with Crippen molar-refractivity contribution in [2.45, 2.75) is 39.5 Å². The molecule has 0 saturated heterocycles. The SMILES string of the molecule is CCCCCC(=O)C1=C(c2cccc(C)c2)C(=O)N=N1. The Morgan fingerprint density at radius 2 is 2.00 bits per heavy atom. The van der Waals surface area contributed by atoms with Gasteiger partial charge < -0.3 is 0 Å². The normalized spacial score (nSPS) is 14.2. The number of hydrogen-bond donors (Lipinski definition) is 0. The number of carbonyl (C=O) groups is 2. The average molecular weight is 270 g/mol. The van der Waals surface area contributed by atoms with E-state index in [9.17, 15) is 9.59 Å². The van der Waals surface area contributed by atoms with Crippen LogP contribution in [0, 0.1) is 6.92 Å². The Labute approximate surface area is 118 Å². The van der Waals surface area contributed by atoms with E-state index in [1.165, 1.54) is 0 Å². The molecule has 0 fully saturated rings. The summed E-state index contributed by atoms with van der Waals surface area (Å²) in [5, 5.41) is 7.33. The number of nitrogens with zero attached hydrogens (tertiary/aromatic N) is 2. The van der Waals surface area contributed by atoms with Crippen molar-refractivity contribution in [1.29, 1.82) is 0 Å². The minimum atomic E-state index is -0.422. The summed E-state index contributed by atoms with van der Waals surface area (Å²) in [6.07, 6.45) is 3.30. The van der Waals surface area contributed by atoms with Crippen molar-refractivity contribution in [2.24, 2.45) is 10.2 Å². The van der Waals surface area contributed by atoms with Crippen molar-refractivity contribution in [2.75, 3.05) is 0 Å². The number of rotatable bonds is 6. The fourth-order valence-electron chi connectivity index (χ4n) is 2.21. The van der Waals surface area contributed by atoms with E-state index in [-0.39, 0.29) is 11.5 Å². The van der Waals surface area contributed by atoms with Gasteiger partial charge in [-0.25, -0.2) is 0 Å². The fraction of sp³-hybridized carbons (Fsp3) is 0.375. The molecule has 1 amide bonds. The molecule has 4 heteroatoms. The molecule has 0 aromatic heterocycles. The summed E-state index contributed by atoms with van der Waals surface area (Å²) < 4.78 is 0. The van der Waals surface area contributed by atoms with Crippen molar-refractivity contribution in [3.05, 3.63) is 41.1 Å². The minimum absolute atomic E-state index is 0.0930. The molecule has 0 radical (unpaired) electrons. The summed E-state index contributed by atoms with van der Waals surface area (Å²) in [5.74, 6) is -0.515. The standard InChI is InChI=1S/C16H18N2O2/c1-3-4-5-9-13(19)15-14(16(20)18-17-15)12-8-6-7-11(2)10-12/h6-8,10H,3-5,9H2,1-2H3. The Bertz CT molecular complexity index is 600. The van der Waals surface area contributed by atoms with Gasteiger partial charge in [0.15, 0.2) is 5.78 Å². The Hall–Kier alpha value is -2.10. The molecule has 0 bridgehead atoms. The third kappa shape index (κ3) is 3.07. The van der Waals surface area contributed by atoms with Crippen LogP contribution in [0.25, 0.3) is 5.57 Å². The number of carbonyl (C=O) groups excluding carboxylic acids is 2. The molecular formula is C16H18N2O2. The Morgan fingerprint density at radius 3 is 2.70 bits per heavy atom. The molecule has 0 saturated carbocycles. The van der Waals surface area contributed by atoms with Gasteiger partial charge >= 0.3 is 0 Å². The molecule has 1 aliphatic heterocycles. The van der Waals surface area contributed by atoms with Gasteiger partial charge in [-0.2, -0.15) is 0 Å². The summed E-state index contributed by atoms with van der Waals surface area (Å²) in [7, 11) is 0. The van der Waals surface area contributed by atoms with Gasteiger partial charge in [0.25, 0.3) is 5.91 Å². The van der Waals surface area contributed by atoms with Gasteiger partial charge in [0, 0.05) is 6.42 Å². The maximum absolute atomic E-state index is 12.2. The molecule has 1 aromatic rings. The van der Waals surface area contributed by atoms with E-state index in [4.69, 9.17) is 0 Å². The first-order valence-electron chi connectivity index (χ1n) is 6.94. The van der Waals surface area contributed by atoms with Gasteiger partial charge in [0.1, 0.15) is 5.70 Å². The minimum Gasteiger partial charge on any atom is -0.292 e. The van der Waals surface area contributed by atoms with Crippen LogP contribution in [0.1, 0.15) is 43.7 Å². The zero-order chi connectivity index (χ0) is 14.5. The zero-order valence-electron chi connectivity index (χ0n) is 11.8. The van der Waals surface area contributed by atoms with Crippen molar-refractivity contribution in [3.8, 4) is 0 Å². The van der Waals surface area contributed by atoms with E-state index in [1.807, 2.05) is 31.2 Å². The van der Waals surface area contributed by atoms with Crippen molar-refractivity contribution in [3.63, 3.8) is 0 Å². The number of hydrogen-bond acceptors (Lipinski definition) is 3. The molecule has 1 heterocycles. The van der Waals surface area contributed by atoms with Crippen molar-refractivity contribution >= 4 is 17.3 Å². The topological polar surface area (TPSA) is 58.9 Å². The van der Waals surface area contributed by atoms with Crippen molar-refractivity contribution in [1.82, 2.24) is 0 Å². The second-order valence-electron chi connectivity index (χ2n) is 4.98. The van der Waals surface area contributed by atoms with Gasteiger partial charge in [-0.05, 0) is 18.9 Å². The predicted octanol–water partition coefficient (Wildman–Crippen LogP) is 3.85. The van der Waals surface area contributed by atoms with Crippen LogP contribution in [0.3, 0.4) is 0 Å². The first-order valence-corrected chi connectivity index (χ1v) is 6.94. The van der Waals surface area contributed by atoms with Crippen LogP contribution in [-0.2, 0) is 9.59 Å². The third-order valence-corrected chi connectivity index (χ3v) is 3.27. The molecule has 104 valence electrons. The lowest BCUT2D eigenvalue weighted by Crippen LogP contribution is -2.04. The molecule has 1 aliphatic rings. The van der Waals surface area contributed by atoms with E-state index < -0.39 is 5.91 Å². The highest BCUT2D eigenvalue weighted by Gasteiger charge is 2.27. The van der Waals surface area contributed by atoms with Crippen molar-refractivity contribution < 1.29 is 9.59 Å². The maximum Gasteiger partial charge on any atom is 0.298 e. The number of benzene rings is 1. The molecule has 0 N–H and O–H groups in total. The Kier molecular flexibility index (Phi) is 4.56. The van der Waals surface area contributed by atoms with Gasteiger partial charge in [-0.1, -0.05) is 49.6 Å². The van der Waals surface area contributed by atoms with E-state index >= 15 is 0 Å². The van der Waals surface area contributed by atoms with E-state index in [1.54, 1.807) is 0 Å². The van der Waals surface area contributed by atoms with Gasteiger partial charge in [0.2, 0.25) is 0 Å². The monoisotopic (exact) mass is 270 g/mol. The quantitative estimate of drug-likeness (QED) is 0.737. The van der Waals surface area contributed by atoms with Crippen LogP contribution in [0.5, 0.6) is 0 Å². The maximum atomic E-state index is 12.2. The van der Waals surface area contributed by atoms with Crippen LogP contribution in [0.4, 0.5) is 0 Å². The number of Topliss-reactive ketones (excluding diaryl/α,β-unsaturated/α-hetero) is 1. The van der Waals surface area contributed by atoms with E-state index in [2.05, 4.69) is 17.2 Å². The number of unbranched alkanes of at least 4 members (excludes halogenated alkanes) is 2. The number of allylic oxidation sites excluding steroid dienone is 1. The lowest BCUT2D eigenvalue weighted by molar-refractivity contribution is -0.116. The molecule has 1 aromatic carbocycles. The second-order valence-corrected chi connectivity index (χ2v) is 4.98. The summed E-state index contributed by atoms with van der Waals surface area (Å²) in [4.78, 5) is 24.0. The summed E-state index contributed by atoms with van der Waals surface area (Å²) in [6.45, 7) is 4.03. The molecule has 20 heavy (non-hydrogen) atoms. The van der Waals surface area contributed by atoms with Crippen LogP contribution in [-0.4, -0.2) is 11.7 Å². The third-order valence-electron chi connectivity index (χ3n) is 3.27. The molecule has 0 spiro atoms. The molecule has 0 atom stereocenters. The van der Waals surface area contributed by atoms with Gasteiger partial charge in [-0.3, -0.25) is 9.59 Å². The number of amides is 1. The smallest absolute Gasteiger partial charge is 0.292 e. The van der Waals surface area contributed by atoms with Crippen LogP contribution in [0.15, 0.2) is 40.2 Å². The summed E-state index contributed by atoms with van der Waals surface area (Å²) in [5.41, 5.74) is 2.32. The summed E-state index contributed by atoms with van der Waals surface area (Å²) >= 11 is 0.